The quantitative estimate of drug-likeness (QED) is 0.497. The van der Waals surface area contributed by atoms with Crippen molar-refractivity contribution in [2.75, 3.05) is 12.9 Å². The summed E-state index contributed by atoms with van der Waals surface area (Å²) in [6.07, 6.45) is 0. The van der Waals surface area contributed by atoms with Gasteiger partial charge in [0.15, 0.2) is 5.78 Å². The number of thioether (sulfide) groups is 1. The minimum absolute atomic E-state index is 0.0572. The van der Waals surface area contributed by atoms with E-state index < -0.39 is 0 Å². The average Bonchev–Trinajstić information content (AvgIpc) is 3.15. The van der Waals surface area contributed by atoms with Crippen LogP contribution in [0.3, 0.4) is 0 Å². The van der Waals surface area contributed by atoms with Crippen molar-refractivity contribution < 1.29 is 9.53 Å². The van der Waals surface area contributed by atoms with Crippen LogP contribution in [0.15, 0.2) is 58.9 Å². The third-order valence-corrected chi connectivity index (χ3v) is 4.99. The number of thiophene rings is 1. The van der Waals surface area contributed by atoms with Gasteiger partial charge in [-0.05, 0) is 47.8 Å². The Morgan fingerprint density at radius 3 is 2.57 bits per heavy atom. The summed E-state index contributed by atoms with van der Waals surface area (Å²) in [7, 11) is 1.60. The van der Waals surface area contributed by atoms with Crippen molar-refractivity contribution in [3.8, 4) is 16.3 Å². The molecular weight excluding hydrogens is 328 g/mol. The van der Waals surface area contributed by atoms with Crippen LogP contribution in [0.1, 0.15) is 10.4 Å². The SMILES string of the molecule is COc1ccc(C(=O)CSc2ccc(-c3cccs3)nn2)cc1. The predicted octanol–water partition coefficient (Wildman–Crippen LogP) is 4.19. The van der Waals surface area contributed by atoms with Crippen LogP contribution in [0.4, 0.5) is 0 Å². The highest BCUT2D eigenvalue weighted by Crippen LogP contribution is 2.24. The molecule has 4 nitrogen and oxygen atoms in total. The van der Waals surface area contributed by atoms with E-state index in [-0.39, 0.29) is 5.78 Å². The van der Waals surface area contributed by atoms with Crippen molar-refractivity contribution in [1.82, 2.24) is 10.2 Å². The van der Waals surface area contributed by atoms with Gasteiger partial charge in [0, 0.05) is 5.56 Å². The fraction of sp³-hybridized carbons (Fsp3) is 0.118. The van der Waals surface area contributed by atoms with Crippen molar-refractivity contribution in [2.24, 2.45) is 0 Å². The van der Waals surface area contributed by atoms with Crippen LogP contribution in [0.25, 0.3) is 10.6 Å². The van der Waals surface area contributed by atoms with Gasteiger partial charge < -0.3 is 4.74 Å². The summed E-state index contributed by atoms with van der Waals surface area (Å²) < 4.78 is 5.09. The summed E-state index contributed by atoms with van der Waals surface area (Å²) >= 11 is 3.01. The van der Waals surface area contributed by atoms with Gasteiger partial charge in [0.1, 0.15) is 16.5 Å². The van der Waals surface area contributed by atoms with E-state index in [1.165, 1.54) is 11.8 Å². The first-order valence-electron chi connectivity index (χ1n) is 6.94. The van der Waals surface area contributed by atoms with Crippen LogP contribution in [0.2, 0.25) is 0 Å². The van der Waals surface area contributed by atoms with Gasteiger partial charge in [-0.3, -0.25) is 4.79 Å². The number of aromatic nitrogens is 2. The molecule has 2 heterocycles. The van der Waals surface area contributed by atoms with Crippen molar-refractivity contribution >= 4 is 28.9 Å². The molecule has 2 aromatic heterocycles. The second-order valence-electron chi connectivity index (χ2n) is 4.67. The van der Waals surface area contributed by atoms with Crippen LogP contribution in [0.5, 0.6) is 5.75 Å². The molecule has 0 aliphatic rings. The van der Waals surface area contributed by atoms with Crippen LogP contribution in [-0.4, -0.2) is 28.8 Å². The Hall–Kier alpha value is -2.18. The minimum Gasteiger partial charge on any atom is -0.497 e. The van der Waals surface area contributed by atoms with E-state index in [4.69, 9.17) is 4.74 Å². The van der Waals surface area contributed by atoms with Gasteiger partial charge in [0.05, 0.1) is 17.7 Å². The van der Waals surface area contributed by atoms with E-state index in [0.717, 1.165) is 21.3 Å². The average molecular weight is 342 g/mol. The van der Waals surface area contributed by atoms with E-state index in [1.807, 2.05) is 29.6 Å². The number of benzene rings is 1. The standard InChI is InChI=1S/C17H14N2O2S2/c1-21-13-6-4-12(5-7-13)15(20)11-23-17-9-8-14(18-19-17)16-3-2-10-22-16/h2-10H,11H2,1H3. The first kappa shape index (κ1) is 15.7. The number of carbonyl (C=O) groups is 1. The molecule has 0 fully saturated rings. The second kappa shape index (κ2) is 7.39. The van der Waals surface area contributed by atoms with Gasteiger partial charge in [-0.15, -0.1) is 21.5 Å². The zero-order valence-electron chi connectivity index (χ0n) is 12.4. The molecule has 0 spiro atoms. The van der Waals surface area contributed by atoms with Crippen molar-refractivity contribution in [3.05, 3.63) is 59.5 Å². The summed E-state index contributed by atoms with van der Waals surface area (Å²) in [5.41, 5.74) is 1.52. The highest BCUT2D eigenvalue weighted by atomic mass is 32.2. The van der Waals surface area contributed by atoms with E-state index in [0.29, 0.717) is 11.3 Å². The highest BCUT2D eigenvalue weighted by Gasteiger charge is 2.08. The topological polar surface area (TPSA) is 52.1 Å². The maximum absolute atomic E-state index is 12.2. The summed E-state index contributed by atoms with van der Waals surface area (Å²) in [5, 5.41) is 11.1. The predicted molar refractivity (Wildman–Crippen MR) is 93.4 cm³/mol. The maximum atomic E-state index is 12.2. The number of rotatable bonds is 6. The van der Waals surface area contributed by atoms with Gasteiger partial charge >= 0.3 is 0 Å². The van der Waals surface area contributed by atoms with Crippen molar-refractivity contribution in [1.29, 1.82) is 0 Å². The number of hydrogen-bond acceptors (Lipinski definition) is 6. The van der Waals surface area contributed by atoms with Crippen molar-refractivity contribution in [2.45, 2.75) is 5.03 Å². The molecule has 0 N–H and O–H groups in total. The normalized spacial score (nSPS) is 10.5. The highest BCUT2D eigenvalue weighted by molar-refractivity contribution is 7.99. The minimum atomic E-state index is 0.0572. The largest absolute Gasteiger partial charge is 0.497 e. The molecule has 0 aliphatic heterocycles. The van der Waals surface area contributed by atoms with E-state index in [1.54, 1.807) is 42.7 Å². The molecule has 3 rings (SSSR count). The summed E-state index contributed by atoms with van der Waals surface area (Å²) in [6, 6.07) is 14.9. The number of ketones is 1. The number of hydrogen-bond donors (Lipinski definition) is 0. The number of Topliss-reactive ketones (excluding diaryl/α,β-unsaturated/α-hetero) is 1. The fourth-order valence-electron chi connectivity index (χ4n) is 1.95. The molecule has 0 aliphatic carbocycles. The van der Waals surface area contributed by atoms with Gasteiger partial charge in [-0.2, -0.15) is 0 Å². The molecule has 116 valence electrons. The van der Waals surface area contributed by atoms with Gasteiger partial charge in [-0.25, -0.2) is 0 Å². The molecule has 6 heteroatoms. The van der Waals surface area contributed by atoms with Crippen molar-refractivity contribution in [3.63, 3.8) is 0 Å². The van der Waals surface area contributed by atoms with Crippen LogP contribution in [0, 0.1) is 0 Å². The molecule has 23 heavy (non-hydrogen) atoms. The fourth-order valence-corrected chi connectivity index (χ4v) is 3.35. The van der Waals surface area contributed by atoms with Crippen LogP contribution < -0.4 is 4.74 Å². The molecular formula is C17H14N2O2S2. The Balaban J connectivity index is 1.60. The van der Waals surface area contributed by atoms with E-state index in [2.05, 4.69) is 10.2 Å². The van der Waals surface area contributed by atoms with E-state index >= 15 is 0 Å². The summed E-state index contributed by atoms with van der Waals surface area (Å²) in [5.74, 6) is 1.13. The first-order valence-corrected chi connectivity index (χ1v) is 8.80. The Morgan fingerprint density at radius 2 is 1.96 bits per heavy atom. The number of methoxy groups -OCH3 is 1. The van der Waals surface area contributed by atoms with E-state index in [9.17, 15) is 4.79 Å². The van der Waals surface area contributed by atoms with Gasteiger partial charge in [0.2, 0.25) is 0 Å². The molecule has 0 bridgehead atoms. The lowest BCUT2D eigenvalue weighted by atomic mass is 10.1. The molecule has 0 atom stereocenters. The first-order chi connectivity index (χ1) is 11.3. The Labute approximate surface area is 142 Å². The lowest BCUT2D eigenvalue weighted by Crippen LogP contribution is -2.02. The zero-order chi connectivity index (χ0) is 16.1. The van der Waals surface area contributed by atoms with Crippen LogP contribution >= 0.6 is 23.1 Å². The number of ether oxygens (including phenoxy) is 1. The summed E-state index contributed by atoms with van der Waals surface area (Å²) in [6.45, 7) is 0. The second-order valence-corrected chi connectivity index (χ2v) is 6.62. The Bertz CT molecular complexity index is 769. The molecule has 0 amide bonds. The number of nitrogens with zero attached hydrogens (tertiary/aromatic N) is 2. The Morgan fingerprint density at radius 1 is 1.13 bits per heavy atom. The third kappa shape index (κ3) is 3.97. The zero-order valence-corrected chi connectivity index (χ0v) is 14.1. The third-order valence-electron chi connectivity index (χ3n) is 3.18. The molecule has 0 unspecified atom stereocenters. The lowest BCUT2D eigenvalue weighted by molar-refractivity contribution is 0.102. The lowest BCUT2D eigenvalue weighted by Gasteiger charge is -2.03. The molecule has 3 aromatic rings. The smallest absolute Gasteiger partial charge is 0.173 e. The van der Waals surface area contributed by atoms with Gasteiger partial charge in [0.25, 0.3) is 0 Å². The molecule has 0 radical (unpaired) electrons. The summed E-state index contributed by atoms with van der Waals surface area (Å²) in [4.78, 5) is 13.2. The maximum Gasteiger partial charge on any atom is 0.173 e. The Kier molecular flexibility index (Phi) is 5.05. The van der Waals surface area contributed by atoms with Gasteiger partial charge in [-0.1, -0.05) is 17.8 Å². The molecule has 0 saturated carbocycles. The molecule has 0 saturated heterocycles. The molecule has 1 aromatic carbocycles. The monoisotopic (exact) mass is 342 g/mol. The number of carbonyl (C=O) groups excluding carboxylic acids is 1. The van der Waals surface area contributed by atoms with Crippen LogP contribution in [-0.2, 0) is 0 Å².